The predicted molar refractivity (Wildman–Crippen MR) is 39.3 cm³/mol. The van der Waals surface area contributed by atoms with Crippen molar-refractivity contribution in [1.29, 1.82) is 0 Å². The van der Waals surface area contributed by atoms with E-state index < -0.39 is 17.4 Å². The summed E-state index contributed by atoms with van der Waals surface area (Å²) in [6.45, 7) is 5.01. The molecule has 0 saturated heterocycles. The van der Waals surface area contributed by atoms with Gasteiger partial charge in [-0.1, -0.05) is 6.92 Å². The lowest BCUT2D eigenvalue weighted by atomic mass is 9.88. The van der Waals surface area contributed by atoms with Crippen LogP contribution in [0.15, 0.2) is 0 Å². The second-order valence-corrected chi connectivity index (χ2v) is 3.02. The maximum absolute atomic E-state index is 10.6. The average molecular weight is 145 g/mol. The highest BCUT2D eigenvalue weighted by molar-refractivity contribution is 5.77. The van der Waals surface area contributed by atoms with Crippen LogP contribution in [-0.2, 0) is 4.79 Å². The average Bonchev–Trinajstić information content (AvgIpc) is 1.60. The number of amides is 1. The highest BCUT2D eigenvalue weighted by Gasteiger charge is 2.29. The Kier molecular flexibility index (Phi) is 2.84. The maximum Gasteiger partial charge on any atom is 0.223 e. The van der Waals surface area contributed by atoms with E-state index in [2.05, 4.69) is 0 Å². The Bertz CT molecular complexity index is 126. The summed E-state index contributed by atoms with van der Waals surface area (Å²) in [7, 11) is 0. The highest BCUT2D eigenvalue weighted by Crippen LogP contribution is 2.18. The van der Waals surface area contributed by atoms with Crippen molar-refractivity contribution >= 4 is 5.91 Å². The molecule has 3 nitrogen and oxygen atoms in total. The fraction of sp³-hybridized carbons (Fsp3) is 0.857. The number of rotatable bonds is 3. The molecule has 3 N–H and O–H groups in total. The van der Waals surface area contributed by atoms with Crippen molar-refractivity contribution in [3.05, 3.63) is 0 Å². The molecular weight excluding hydrogens is 130 g/mol. The monoisotopic (exact) mass is 145 g/mol. The first-order valence-electron chi connectivity index (χ1n) is 3.41. The summed E-state index contributed by atoms with van der Waals surface area (Å²) in [5.74, 6) is -0.873. The molecule has 0 aromatic heterocycles. The number of carbonyl (C=O) groups is 1. The summed E-state index contributed by atoms with van der Waals surface area (Å²) < 4.78 is 0. The van der Waals surface area contributed by atoms with Crippen LogP contribution in [0.25, 0.3) is 0 Å². The molecule has 0 rings (SSSR count). The number of aliphatic hydroxyl groups is 1. The minimum atomic E-state index is -0.986. The first kappa shape index (κ1) is 9.43. The summed E-state index contributed by atoms with van der Waals surface area (Å²) >= 11 is 0. The van der Waals surface area contributed by atoms with Gasteiger partial charge in [0.2, 0.25) is 5.91 Å². The van der Waals surface area contributed by atoms with E-state index in [1.54, 1.807) is 13.8 Å². The molecule has 3 heteroatoms. The highest BCUT2D eigenvalue weighted by atomic mass is 16.3. The van der Waals surface area contributed by atoms with E-state index in [1.807, 2.05) is 6.92 Å². The van der Waals surface area contributed by atoms with Gasteiger partial charge in [0.05, 0.1) is 11.5 Å². The molecule has 0 saturated carbocycles. The van der Waals surface area contributed by atoms with E-state index in [-0.39, 0.29) is 0 Å². The van der Waals surface area contributed by atoms with Crippen molar-refractivity contribution in [3.8, 4) is 0 Å². The van der Waals surface area contributed by atoms with Crippen molar-refractivity contribution in [3.63, 3.8) is 0 Å². The third kappa shape index (κ3) is 2.35. The molecule has 0 radical (unpaired) electrons. The maximum atomic E-state index is 10.6. The van der Waals surface area contributed by atoms with E-state index in [1.165, 1.54) is 0 Å². The Hall–Kier alpha value is -0.570. The molecule has 1 atom stereocenters. The zero-order valence-electron chi connectivity index (χ0n) is 6.72. The van der Waals surface area contributed by atoms with Gasteiger partial charge < -0.3 is 10.8 Å². The largest absolute Gasteiger partial charge is 0.390 e. The molecule has 0 aliphatic heterocycles. The summed E-state index contributed by atoms with van der Waals surface area (Å²) in [6.07, 6.45) is 0.582. The molecule has 0 aliphatic rings. The van der Waals surface area contributed by atoms with Crippen LogP contribution in [0, 0.1) is 5.92 Å². The lowest BCUT2D eigenvalue weighted by Crippen LogP contribution is -2.40. The van der Waals surface area contributed by atoms with Gasteiger partial charge in [0.25, 0.3) is 0 Å². The Morgan fingerprint density at radius 3 is 2.10 bits per heavy atom. The molecule has 1 unspecified atom stereocenters. The van der Waals surface area contributed by atoms with Gasteiger partial charge in [-0.3, -0.25) is 4.79 Å². The van der Waals surface area contributed by atoms with Gasteiger partial charge in [0.1, 0.15) is 0 Å². The van der Waals surface area contributed by atoms with Crippen LogP contribution in [0.5, 0.6) is 0 Å². The van der Waals surface area contributed by atoms with Crippen molar-refractivity contribution in [2.75, 3.05) is 0 Å². The first-order valence-corrected chi connectivity index (χ1v) is 3.41. The second kappa shape index (κ2) is 3.01. The lowest BCUT2D eigenvalue weighted by Gasteiger charge is -2.24. The minimum absolute atomic E-state index is 0.435. The molecule has 0 fully saturated rings. The Balaban J connectivity index is 4.22. The van der Waals surface area contributed by atoms with Crippen LogP contribution in [0.2, 0.25) is 0 Å². The van der Waals surface area contributed by atoms with Gasteiger partial charge in [0, 0.05) is 0 Å². The minimum Gasteiger partial charge on any atom is -0.390 e. The van der Waals surface area contributed by atoms with Crippen LogP contribution < -0.4 is 5.73 Å². The molecular formula is C7H15NO2. The molecule has 1 amide bonds. The topological polar surface area (TPSA) is 63.3 Å². The molecule has 0 aromatic rings. The normalized spacial score (nSPS) is 14.8. The Labute approximate surface area is 61.2 Å². The van der Waals surface area contributed by atoms with Gasteiger partial charge in [-0.05, 0) is 20.3 Å². The molecule has 0 aliphatic carbocycles. The number of nitrogens with two attached hydrogens (primary N) is 1. The quantitative estimate of drug-likeness (QED) is 0.598. The van der Waals surface area contributed by atoms with Crippen molar-refractivity contribution < 1.29 is 9.90 Å². The Morgan fingerprint density at radius 1 is 1.70 bits per heavy atom. The van der Waals surface area contributed by atoms with Crippen LogP contribution >= 0.6 is 0 Å². The Morgan fingerprint density at radius 2 is 2.10 bits per heavy atom. The summed E-state index contributed by atoms with van der Waals surface area (Å²) in [5, 5.41) is 9.35. The molecule has 10 heavy (non-hydrogen) atoms. The molecule has 0 aromatic carbocycles. The molecule has 0 bridgehead atoms. The fourth-order valence-electron chi connectivity index (χ4n) is 1.05. The smallest absolute Gasteiger partial charge is 0.223 e. The first-order chi connectivity index (χ1) is 4.39. The van der Waals surface area contributed by atoms with Gasteiger partial charge in [-0.15, -0.1) is 0 Å². The van der Waals surface area contributed by atoms with Gasteiger partial charge in [-0.2, -0.15) is 0 Å². The summed E-state index contributed by atoms with van der Waals surface area (Å²) in [6, 6.07) is 0. The third-order valence-electron chi connectivity index (χ3n) is 1.60. The number of hydrogen-bond donors (Lipinski definition) is 2. The number of hydrogen-bond acceptors (Lipinski definition) is 2. The second-order valence-electron chi connectivity index (χ2n) is 3.02. The third-order valence-corrected chi connectivity index (χ3v) is 1.60. The summed E-state index contributed by atoms with van der Waals surface area (Å²) in [4.78, 5) is 10.6. The standard InChI is InChI=1S/C7H15NO2/c1-4-5(6(8)9)7(2,3)10/h5,10H,4H2,1-3H3,(H2,8,9). The van der Waals surface area contributed by atoms with Crippen molar-refractivity contribution in [1.82, 2.24) is 0 Å². The van der Waals surface area contributed by atoms with E-state index >= 15 is 0 Å². The van der Waals surface area contributed by atoms with Crippen LogP contribution in [0.4, 0.5) is 0 Å². The molecule has 60 valence electrons. The van der Waals surface area contributed by atoms with E-state index in [0.29, 0.717) is 6.42 Å². The van der Waals surface area contributed by atoms with Crippen LogP contribution in [0.3, 0.4) is 0 Å². The summed E-state index contributed by atoms with van der Waals surface area (Å²) in [5.41, 5.74) is 4.05. The fourth-order valence-corrected chi connectivity index (χ4v) is 1.05. The van der Waals surface area contributed by atoms with Gasteiger partial charge in [-0.25, -0.2) is 0 Å². The zero-order valence-corrected chi connectivity index (χ0v) is 6.72. The van der Waals surface area contributed by atoms with Gasteiger partial charge >= 0.3 is 0 Å². The van der Waals surface area contributed by atoms with E-state index in [4.69, 9.17) is 5.73 Å². The molecule has 0 spiro atoms. The van der Waals surface area contributed by atoms with E-state index in [0.717, 1.165) is 0 Å². The predicted octanol–water partition coefficient (Wildman–Crippen LogP) is 0.269. The van der Waals surface area contributed by atoms with Crippen LogP contribution in [-0.4, -0.2) is 16.6 Å². The number of primary amides is 1. The SMILES string of the molecule is CCC(C(N)=O)C(C)(C)O. The lowest BCUT2D eigenvalue weighted by molar-refractivity contribution is -0.129. The van der Waals surface area contributed by atoms with Gasteiger partial charge in [0.15, 0.2) is 0 Å². The zero-order chi connectivity index (χ0) is 8.36. The van der Waals surface area contributed by atoms with Crippen LogP contribution in [0.1, 0.15) is 27.2 Å². The molecule has 0 heterocycles. The van der Waals surface area contributed by atoms with E-state index in [9.17, 15) is 9.90 Å². The number of carbonyl (C=O) groups excluding carboxylic acids is 1. The van der Waals surface area contributed by atoms with Crippen molar-refractivity contribution in [2.45, 2.75) is 32.8 Å². The van der Waals surface area contributed by atoms with Crippen molar-refractivity contribution in [2.24, 2.45) is 11.7 Å².